The molecule has 2 aliphatic rings. The number of aromatic nitrogens is 3. The second-order valence-electron chi connectivity index (χ2n) is 9.51. The predicted octanol–water partition coefficient (Wildman–Crippen LogP) is 5.10. The Morgan fingerprint density at radius 3 is 2.33 bits per heavy atom. The first kappa shape index (κ1) is 24.8. The number of carbonyl (C=O) groups excluding carboxylic acids is 1. The van der Waals surface area contributed by atoms with E-state index in [1.54, 1.807) is 30.7 Å². The van der Waals surface area contributed by atoms with Crippen molar-refractivity contribution in [2.45, 2.75) is 31.8 Å². The van der Waals surface area contributed by atoms with E-state index >= 15 is 0 Å². The second-order valence-corrected chi connectivity index (χ2v) is 10.4. The number of ether oxygens (including phenoxy) is 1. The summed E-state index contributed by atoms with van der Waals surface area (Å²) in [5.74, 6) is 1.75. The van der Waals surface area contributed by atoms with Gasteiger partial charge in [-0.25, -0.2) is 15.0 Å². The molecule has 1 amide bonds. The van der Waals surface area contributed by atoms with Crippen LogP contribution in [-0.4, -0.2) is 58.0 Å². The minimum absolute atomic E-state index is 0.00346. The van der Waals surface area contributed by atoms with E-state index in [4.69, 9.17) is 27.9 Å². The highest BCUT2D eigenvalue weighted by molar-refractivity contribution is 6.30. The lowest BCUT2D eigenvalue weighted by atomic mass is 9.86. The Bertz CT molecular complexity index is 1160. The van der Waals surface area contributed by atoms with Crippen molar-refractivity contribution < 1.29 is 9.53 Å². The molecule has 2 fully saturated rings. The van der Waals surface area contributed by atoms with Gasteiger partial charge in [-0.2, -0.15) is 0 Å². The van der Waals surface area contributed by atoms with Crippen LogP contribution >= 0.6 is 23.2 Å². The van der Waals surface area contributed by atoms with Crippen LogP contribution in [0.15, 0.2) is 61.1 Å². The van der Waals surface area contributed by atoms with Gasteiger partial charge in [-0.1, -0.05) is 35.3 Å². The van der Waals surface area contributed by atoms with Crippen LogP contribution in [0, 0.1) is 11.8 Å². The third kappa shape index (κ3) is 5.57. The molecule has 2 aromatic heterocycles. The molecule has 0 radical (unpaired) electrons. The Morgan fingerprint density at radius 2 is 1.67 bits per heavy atom. The van der Waals surface area contributed by atoms with Crippen LogP contribution in [-0.2, 0) is 4.79 Å². The summed E-state index contributed by atoms with van der Waals surface area (Å²) >= 11 is 12.1. The highest BCUT2D eigenvalue weighted by Gasteiger charge is 2.42. The van der Waals surface area contributed by atoms with Crippen LogP contribution in [0.2, 0.25) is 10.0 Å². The summed E-state index contributed by atoms with van der Waals surface area (Å²) in [5.41, 5.74) is 1.16. The number of amides is 1. The zero-order valence-electron chi connectivity index (χ0n) is 20.1. The molecule has 1 aromatic carbocycles. The maximum absolute atomic E-state index is 13.6. The topological polar surface area (TPSA) is 71.5 Å². The van der Waals surface area contributed by atoms with Crippen LogP contribution in [0.5, 0.6) is 5.88 Å². The van der Waals surface area contributed by atoms with Crippen molar-refractivity contribution in [3.8, 4) is 5.88 Å². The van der Waals surface area contributed by atoms with Crippen LogP contribution in [0.25, 0.3) is 0 Å². The molecule has 1 unspecified atom stereocenters. The minimum Gasteiger partial charge on any atom is -0.474 e. The molecule has 0 saturated carbocycles. The molecular weight excluding hydrogens is 497 g/mol. The van der Waals surface area contributed by atoms with E-state index in [2.05, 4.69) is 38.9 Å². The average molecular weight is 526 g/mol. The van der Waals surface area contributed by atoms with Crippen LogP contribution < -0.4 is 9.64 Å². The van der Waals surface area contributed by atoms with Crippen molar-refractivity contribution in [1.82, 2.24) is 19.9 Å². The van der Waals surface area contributed by atoms with E-state index in [9.17, 15) is 4.79 Å². The number of nitrogens with zero attached hydrogens (tertiary/aromatic N) is 5. The number of halogens is 2. The van der Waals surface area contributed by atoms with E-state index in [1.165, 1.54) is 0 Å². The van der Waals surface area contributed by atoms with E-state index in [1.807, 2.05) is 23.1 Å². The molecule has 0 spiro atoms. The van der Waals surface area contributed by atoms with E-state index in [0.717, 1.165) is 37.4 Å². The number of rotatable bonds is 6. The summed E-state index contributed by atoms with van der Waals surface area (Å²) in [6, 6.07) is 13.3. The molecule has 2 saturated heterocycles. The normalized spacial score (nSPS) is 21.4. The molecule has 188 valence electrons. The second kappa shape index (κ2) is 11.0. The molecule has 9 heteroatoms. The molecule has 3 atom stereocenters. The van der Waals surface area contributed by atoms with Gasteiger partial charge in [0.2, 0.25) is 17.7 Å². The molecule has 0 aliphatic carbocycles. The Kier molecular flexibility index (Phi) is 7.58. The van der Waals surface area contributed by atoms with Gasteiger partial charge in [-0.05, 0) is 49.6 Å². The van der Waals surface area contributed by atoms with E-state index in [-0.39, 0.29) is 29.8 Å². The van der Waals surface area contributed by atoms with Crippen molar-refractivity contribution in [3.63, 3.8) is 0 Å². The molecule has 7 nitrogen and oxygen atoms in total. The van der Waals surface area contributed by atoms with Crippen molar-refractivity contribution in [2.75, 3.05) is 31.1 Å². The summed E-state index contributed by atoms with van der Waals surface area (Å²) in [4.78, 5) is 30.8. The number of piperidine rings is 1. The van der Waals surface area contributed by atoms with Crippen molar-refractivity contribution >= 4 is 35.1 Å². The fourth-order valence-corrected chi connectivity index (χ4v) is 5.53. The maximum atomic E-state index is 13.6. The van der Waals surface area contributed by atoms with Gasteiger partial charge in [-0.15, -0.1) is 0 Å². The molecule has 2 aliphatic heterocycles. The predicted molar refractivity (Wildman–Crippen MR) is 141 cm³/mol. The quantitative estimate of drug-likeness (QED) is 0.445. The first-order chi connectivity index (χ1) is 17.5. The fraction of sp³-hybridized carbons (Fsp3) is 0.407. The number of likely N-dealkylation sites (tertiary alicyclic amines) is 1. The lowest BCUT2D eigenvalue weighted by Gasteiger charge is -2.33. The van der Waals surface area contributed by atoms with Gasteiger partial charge in [0.05, 0.1) is 5.02 Å². The van der Waals surface area contributed by atoms with Gasteiger partial charge in [0.1, 0.15) is 6.10 Å². The zero-order valence-corrected chi connectivity index (χ0v) is 21.6. The summed E-state index contributed by atoms with van der Waals surface area (Å²) in [6.07, 6.45) is 6.54. The Hall–Kier alpha value is -2.90. The Morgan fingerprint density at radius 1 is 0.972 bits per heavy atom. The lowest BCUT2D eigenvalue weighted by molar-refractivity contribution is -0.135. The fourth-order valence-electron chi connectivity index (χ4n) is 5.30. The monoisotopic (exact) mass is 525 g/mol. The van der Waals surface area contributed by atoms with Gasteiger partial charge in [0, 0.05) is 73.6 Å². The van der Waals surface area contributed by atoms with Gasteiger partial charge < -0.3 is 14.5 Å². The molecule has 5 rings (SSSR count). The van der Waals surface area contributed by atoms with Crippen LogP contribution in [0.4, 0.5) is 5.95 Å². The van der Waals surface area contributed by atoms with Gasteiger partial charge in [0.25, 0.3) is 0 Å². The highest BCUT2D eigenvalue weighted by atomic mass is 35.5. The van der Waals surface area contributed by atoms with Crippen molar-refractivity contribution in [3.05, 3.63) is 76.7 Å². The Balaban J connectivity index is 1.28. The molecular formula is C27H29Cl2N5O2. The number of pyridine rings is 1. The average Bonchev–Trinajstić information content (AvgIpc) is 3.36. The summed E-state index contributed by atoms with van der Waals surface area (Å²) in [6.45, 7) is 4.91. The standard InChI is InChI=1S/C27H29Cl2N5O2/c1-18(36-25-8-7-22(29)15-32-25)23-16-34(17-24(23)19-3-5-21(28)6-4-19)26(35)20-9-13-33(14-10-20)27-30-11-2-12-31-27/h2-8,11-12,15,18,20,23-24H,9-10,13-14,16-17H2,1H3/t18?,23-,24-/m1/s1. The number of anilines is 1. The molecule has 0 N–H and O–H groups in total. The van der Waals surface area contributed by atoms with Crippen LogP contribution in [0.1, 0.15) is 31.2 Å². The largest absolute Gasteiger partial charge is 0.474 e. The van der Waals surface area contributed by atoms with Crippen LogP contribution in [0.3, 0.4) is 0 Å². The third-order valence-electron chi connectivity index (χ3n) is 7.26. The van der Waals surface area contributed by atoms with Gasteiger partial charge in [0.15, 0.2) is 0 Å². The summed E-state index contributed by atoms with van der Waals surface area (Å²) < 4.78 is 6.21. The number of benzene rings is 1. The molecule has 36 heavy (non-hydrogen) atoms. The summed E-state index contributed by atoms with van der Waals surface area (Å²) in [5, 5.41) is 1.27. The van der Waals surface area contributed by atoms with Crippen molar-refractivity contribution in [2.24, 2.45) is 11.8 Å². The smallest absolute Gasteiger partial charge is 0.225 e. The SMILES string of the molecule is CC(Oc1ccc(Cl)cn1)[C@H]1CN(C(=O)C2CCN(c3ncccn3)CC2)C[C@@H]1c1ccc(Cl)cc1. The first-order valence-electron chi connectivity index (χ1n) is 12.3. The highest BCUT2D eigenvalue weighted by Crippen LogP contribution is 2.38. The van der Waals surface area contributed by atoms with Gasteiger partial charge >= 0.3 is 0 Å². The number of hydrogen-bond donors (Lipinski definition) is 0. The molecule has 3 aromatic rings. The summed E-state index contributed by atoms with van der Waals surface area (Å²) in [7, 11) is 0. The first-order valence-corrected chi connectivity index (χ1v) is 13.1. The minimum atomic E-state index is -0.144. The van der Waals surface area contributed by atoms with E-state index < -0.39 is 0 Å². The molecule has 0 bridgehead atoms. The molecule has 4 heterocycles. The number of hydrogen-bond acceptors (Lipinski definition) is 6. The van der Waals surface area contributed by atoms with Gasteiger partial charge in [-0.3, -0.25) is 4.79 Å². The Labute approximate surface area is 221 Å². The number of carbonyl (C=O) groups is 1. The lowest BCUT2D eigenvalue weighted by Crippen LogP contribution is -2.42. The van der Waals surface area contributed by atoms with Crippen molar-refractivity contribution in [1.29, 1.82) is 0 Å². The maximum Gasteiger partial charge on any atom is 0.225 e. The third-order valence-corrected chi connectivity index (χ3v) is 7.74. The zero-order chi connectivity index (χ0) is 25.1. The van der Waals surface area contributed by atoms with E-state index in [0.29, 0.717) is 29.0 Å².